The molecule has 0 amide bonds. The smallest absolute Gasteiger partial charge is 0.126 e. The number of hydrazine groups is 1. The van der Waals surface area contributed by atoms with Crippen LogP contribution in [0, 0.1) is 5.92 Å². The van der Waals surface area contributed by atoms with E-state index < -0.39 is 0 Å². The average molecular weight is 211 g/mol. The highest BCUT2D eigenvalue weighted by molar-refractivity contribution is 5.40. The lowest BCUT2D eigenvalue weighted by Crippen LogP contribution is -2.32. The molecule has 5 nitrogen and oxygen atoms in total. The van der Waals surface area contributed by atoms with Crippen LogP contribution in [0.15, 0.2) is 6.20 Å². The number of hydrogen-bond acceptors (Lipinski definition) is 4. The summed E-state index contributed by atoms with van der Waals surface area (Å²) < 4.78 is 1.67. The van der Waals surface area contributed by atoms with Gasteiger partial charge in [-0.15, -0.1) is 0 Å². The van der Waals surface area contributed by atoms with E-state index in [1.807, 2.05) is 7.05 Å². The molecule has 0 spiro atoms. The molecule has 1 aromatic heterocycles. The Morgan fingerprint density at radius 2 is 2.27 bits per heavy atom. The zero-order valence-electron chi connectivity index (χ0n) is 9.70. The zero-order chi connectivity index (χ0) is 11.4. The highest BCUT2D eigenvalue weighted by Gasteiger charge is 2.21. The van der Waals surface area contributed by atoms with Crippen LogP contribution in [0.2, 0.25) is 0 Å². The highest BCUT2D eigenvalue weighted by atomic mass is 15.3. The molecule has 0 radical (unpaired) electrons. The minimum Gasteiger partial charge on any atom is -0.384 e. The molecule has 0 fully saturated rings. The van der Waals surface area contributed by atoms with E-state index in [0.29, 0.717) is 11.7 Å². The van der Waals surface area contributed by atoms with Crippen molar-refractivity contribution in [1.82, 2.24) is 15.2 Å². The van der Waals surface area contributed by atoms with E-state index in [1.54, 1.807) is 10.9 Å². The van der Waals surface area contributed by atoms with Crippen molar-refractivity contribution in [2.24, 2.45) is 18.8 Å². The standard InChI is InChI=1S/C10H21N5/c1-4-5-7(2)9(14-12)8-6-13-15(3)10(8)11/h6-7,9,14H,4-5,11-12H2,1-3H3. The van der Waals surface area contributed by atoms with Crippen LogP contribution in [0.5, 0.6) is 0 Å². The Labute approximate surface area is 90.8 Å². The number of anilines is 1. The molecule has 0 aliphatic heterocycles. The molecule has 0 aromatic carbocycles. The zero-order valence-corrected chi connectivity index (χ0v) is 9.70. The lowest BCUT2D eigenvalue weighted by atomic mass is 9.93. The maximum Gasteiger partial charge on any atom is 0.126 e. The van der Waals surface area contributed by atoms with E-state index in [-0.39, 0.29) is 6.04 Å². The Hall–Kier alpha value is -1.07. The molecule has 0 saturated carbocycles. The minimum atomic E-state index is 0.0821. The van der Waals surface area contributed by atoms with E-state index in [0.717, 1.165) is 18.4 Å². The summed E-state index contributed by atoms with van der Waals surface area (Å²) in [6.07, 6.45) is 4.04. The topological polar surface area (TPSA) is 81.9 Å². The second-order valence-electron chi connectivity index (χ2n) is 4.02. The first-order chi connectivity index (χ1) is 7.11. The van der Waals surface area contributed by atoms with Gasteiger partial charge in [0.1, 0.15) is 5.82 Å². The van der Waals surface area contributed by atoms with Crippen molar-refractivity contribution >= 4 is 5.82 Å². The maximum atomic E-state index is 5.92. The van der Waals surface area contributed by atoms with Crippen molar-refractivity contribution in [2.45, 2.75) is 32.7 Å². The average Bonchev–Trinajstić information content (AvgIpc) is 2.51. The number of hydrogen-bond donors (Lipinski definition) is 3. The first kappa shape index (κ1) is 12.0. The van der Waals surface area contributed by atoms with Crippen molar-refractivity contribution in [1.29, 1.82) is 0 Å². The normalized spacial score (nSPS) is 15.2. The fourth-order valence-corrected chi connectivity index (χ4v) is 1.89. The highest BCUT2D eigenvalue weighted by Crippen LogP contribution is 2.28. The maximum absolute atomic E-state index is 5.92. The molecule has 5 N–H and O–H groups in total. The molecule has 1 aromatic rings. The molecular formula is C10H21N5. The largest absolute Gasteiger partial charge is 0.384 e. The van der Waals surface area contributed by atoms with Crippen LogP contribution in [0.25, 0.3) is 0 Å². The first-order valence-electron chi connectivity index (χ1n) is 5.35. The molecular weight excluding hydrogens is 190 g/mol. The van der Waals surface area contributed by atoms with Gasteiger partial charge in [-0.2, -0.15) is 5.10 Å². The fourth-order valence-electron chi connectivity index (χ4n) is 1.89. The molecule has 0 aliphatic carbocycles. The number of aromatic nitrogens is 2. The number of nitrogen functional groups attached to an aromatic ring is 1. The van der Waals surface area contributed by atoms with E-state index in [2.05, 4.69) is 24.4 Å². The number of nitrogens with one attached hydrogen (secondary N) is 1. The van der Waals surface area contributed by atoms with Gasteiger partial charge in [0.25, 0.3) is 0 Å². The van der Waals surface area contributed by atoms with Crippen LogP contribution in [0.4, 0.5) is 5.82 Å². The molecule has 1 rings (SSSR count). The van der Waals surface area contributed by atoms with Crippen molar-refractivity contribution in [2.75, 3.05) is 5.73 Å². The first-order valence-corrected chi connectivity index (χ1v) is 5.35. The summed E-state index contributed by atoms with van der Waals surface area (Å²) in [4.78, 5) is 0. The molecule has 2 atom stereocenters. The van der Waals surface area contributed by atoms with Gasteiger partial charge >= 0.3 is 0 Å². The summed E-state index contributed by atoms with van der Waals surface area (Å²) in [5.41, 5.74) is 9.73. The quantitative estimate of drug-likeness (QED) is 0.500. The van der Waals surface area contributed by atoms with Gasteiger partial charge in [-0.25, -0.2) is 0 Å². The molecule has 2 unspecified atom stereocenters. The van der Waals surface area contributed by atoms with Crippen LogP contribution in [-0.2, 0) is 7.05 Å². The van der Waals surface area contributed by atoms with Crippen LogP contribution in [0.3, 0.4) is 0 Å². The summed E-state index contributed by atoms with van der Waals surface area (Å²) in [6.45, 7) is 4.33. The van der Waals surface area contributed by atoms with Crippen LogP contribution < -0.4 is 17.0 Å². The second-order valence-corrected chi connectivity index (χ2v) is 4.02. The van der Waals surface area contributed by atoms with Gasteiger partial charge in [0.05, 0.1) is 12.2 Å². The third-order valence-electron chi connectivity index (χ3n) is 2.84. The number of nitrogens with two attached hydrogens (primary N) is 2. The SMILES string of the molecule is CCCC(C)C(NN)c1cnn(C)c1N. The van der Waals surface area contributed by atoms with Crippen molar-refractivity contribution in [3.63, 3.8) is 0 Å². The number of aryl methyl sites for hydroxylation is 1. The van der Waals surface area contributed by atoms with Gasteiger partial charge < -0.3 is 5.73 Å². The Kier molecular flexibility index (Phi) is 4.11. The third kappa shape index (κ3) is 2.49. The van der Waals surface area contributed by atoms with Gasteiger partial charge in [-0.05, 0) is 12.3 Å². The fraction of sp³-hybridized carbons (Fsp3) is 0.700. The van der Waals surface area contributed by atoms with E-state index >= 15 is 0 Å². The summed E-state index contributed by atoms with van der Waals surface area (Å²) >= 11 is 0. The molecule has 1 heterocycles. The number of nitrogens with zero attached hydrogens (tertiary/aromatic N) is 2. The summed E-state index contributed by atoms with van der Waals surface area (Å²) in [7, 11) is 1.83. The summed E-state index contributed by atoms with van der Waals surface area (Å²) in [5.74, 6) is 6.70. The minimum absolute atomic E-state index is 0.0821. The van der Waals surface area contributed by atoms with Crippen LogP contribution in [0.1, 0.15) is 38.3 Å². The van der Waals surface area contributed by atoms with E-state index in [1.165, 1.54) is 0 Å². The summed E-state index contributed by atoms with van der Waals surface area (Å²) in [6, 6.07) is 0.0821. The molecule has 0 aliphatic rings. The molecule has 86 valence electrons. The lowest BCUT2D eigenvalue weighted by Gasteiger charge is -2.22. The molecule has 5 heteroatoms. The van der Waals surface area contributed by atoms with Crippen molar-refractivity contribution in [3.8, 4) is 0 Å². The Morgan fingerprint density at radius 3 is 2.67 bits per heavy atom. The molecule has 0 bridgehead atoms. The predicted molar refractivity (Wildman–Crippen MR) is 61.8 cm³/mol. The van der Waals surface area contributed by atoms with E-state index in [4.69, 9.17) is 11.6 Å². The number of rotatable bonds is 5. The van der Waals surface area contributed by atoms with Crippen LogP contribution >= 0.6 is 0 Å². The van der Waals surface area contributed by atoms with Gasteiger partial charge in [0.15, 0.2) is 0 Å². The van der Waals surface area contributed by atoms with Crippen LogP contribution in [-0.4, -0.2) is 9.78 Å². The predicted octanol–water partition coefficient (Wildman–Crippen LogP) is 0.943. The third-order valence-corrected chi connectivity index (χ3v) is 2.84. The monoisotopic (exact) mass is 211 g/mol. The van der Waals surface area contributed by atoms with E-state index in [9.17, 15) is 0 Å². The van der Waals surface area contributed by atoms with Gasteiger partial charge in [0.2, 0.25) is 0 Å². The van der Waals surface area contributed by atoms with Gasteiger partial charge in [0, 0.05) is 12.6 Å². The van der Waals surface area contributed by atoms with Crippen molar-refractivity contribution in [3.05, 3.63) is 11.8 Å². The Balaban J connectivity index is 2.87. The Morgan fingerprint density at radius 1 is 1.60 bits per heavy atom. The molecule has 0 saturated heterocycles. The summed E-state index contributed by atoms with van der Waals surface area (Å²) in [5, 5.41) is 4.12. The van der Waals surface area contributed by atoms with Crippen molar-refractivity contribution < 1.29 is 0 Å². The Bertz CT molecular complexity index is 307. The molecule has 15 heavy (non-hydrogen) atoms. The van der Waals surface area contributed by atoms with Gasteiger partial charge in [-0.1, -0.05) is 20.3 Å². The second kappa shape index (κ2) is 5.14. The lowest BCUT2D eigenvalue weighted by molar-refractivity contribution is 0.369. The van der Waals surface area contributed by atoms with Gasteiger partial charge in [-0.3, -0.25) is 16.0 Å².